The molecule has 0 aliphatic carbocycles. The lowest BCUT2D eigenvalue weighted by molar-refractivity contribution is 0.382. The van der Waals surface area contributed by atoms with Gasteiger partial charge in [-0.15, -0.1) is 0 Å². The highest BCUT2D eigenvalue weighted by molar-refractivity contribution is 4.62. The molecule has 0 amide bonds. The molecule has 3 heteroatoms. The van der Waals surface area contributed by atoms with Crippen molar-refractivity contribution in [3.05, 3.63) is 0 Å². The summed E-state index contributed by atoms with van der Waals surface area (Å²) >= 11 is 0. The third kappa shape index (κ3) is 5.76. The number of rotatable bonds is 4. The molecule has 4 N–H and O–H groups in total. The van der Waals surface area contributed by atoms with Gasteiger partial charge in [-0.2, -0.15) is 0 Å². The van der Waals surface area contributed by atoms with Crippen LogP contribution in [0.4, 0.5) is 0 Å². The van der Waals surface area contributed by atoms with Crippen LogP contribution in [-0.4, -0.2) is 38.1 Å². The minimum atomic E-state index is 0.174. The fourth-order valence-corrected chi connectivity index (χ4v) is 0.542. The van der Waals surface area contributed by atoms with E-state index in [9.17, 15) is 0 Å². The van der Waals surface area contributed by atoms with E-state index in [1.54, 1.807) is 0 Å². The predicted octanol–water partition coefficient (Wildman–Crippen LogP) is -0.776. The van der Waals surface area contributed by atoms with Crippen LogP contribution in [0.15, 0.2) is 0 Å². The van der Waals surface area contributed by atoms with Crippen molar-refractivity contribution < 1.29 is 0 Å². The van der Waals surface area contributed by atoms with Gasteiger partial charge in [0.1, 0.15) is 0 Å². The molecule has 0 aliphatic heterocycles. The summed E-state index contributed by atoms with van der Waals surface area (Å²) in [5.74, 6) is 0. The standard InChI is InChI=1S/C6H17N3/c1-9(2)4-3-6(8)5-7/h6H,3-5,7-8H2,1-2H3. The summed E-state index contributed by atoms with van der Waals surface area (Å²) < 4.78 is 0. The van der Waals surface area contributed by atoms with Gasteiger partial charge in [-0.05, 0) is 27.1 Å². The highest BCUT2D eigenvalue weighted by Gasteiger charge is 1.98. The fraction of sp³-hybridized carbons (Fsp3) is 1.00. The van der Waals surface area contributed by atoms with Crippen molar-refractivity contribution in [3.63, 3.8) is 0 Å². The third-order valence-electron chi connectivity index (χ3n) is 1.25. The van der Waals surface area contributed by atoms with Gasteiger partial charge in [0.2, 0.25) is 0 Å². The van der Waals surface area contributed by atoms with Crippen molar-refractivity contribution in [1.29, 1.82) is 0 Å². The maximum absolute atomic E-state index is 5.57. The average molecular weight is 131 g/mol. The van der Waals surface area contributed by atoms with Crippen molar-refractivity contribution in [3.8, 4) is 0 Å². The molecular formula is C6H17N3. The van der Waals surface area contributed by atoms with Crippen LogP contribution < -0.4 is 11.5 Å². The van der Waals surface area contributed by atoms with E-state index in [0.717, 1.165) is 13.0 Å². The smallest absolute Gasteiger partial charge is 0.0175 e. The zero-order chi connectivity index (χ0) is 7.28. The second-order valence-electron chi connectivity index (χ2n) is 2.59. The summed E-state index contributed by atoms with van der Waals surface area (Å²) in [6, 6.07) is 0.174. The molecule has 0 aromatic heterocycles. The Labute approximate surface area is 57.0 Å². The van der Waals surface area contributed by atoms with E-state index < -0.39 is 0 Å². The van der Waals surface area contributed by atoms with E-state index in [1.807, 2.05) is 14.1 Å². The molecule has 0 aliphatic rings. The molecule has 0 saturated heterocycles. The van der Waals surface area contributed by atoms with Gasteiger partial charge in [0.05, 0.1) is 0 Å². The van der Waals surface area contributed by atoms with E-state index >= 15 is 0 Å². The number of nitrogens with zero attached hydrogens (tertiary/aromatic N) is 1. The van der Waals surface area contributed by atoms with Crippen molar-refractivity contribution in [1.82, 2.24) is 4.90 Å². The Morgan fingerprint density at radius 3 is 2.33 bits per heavy atom. The largest absolute Gasteiger partial charge is 0.329 e. The van der Waals surface area contributed by atoms with Gasteiger partial charge in [0.25, 0.3) is 0 Å². The minimum absolute atomic E-state index is 0.174. The Kier molecular flexibility index (Phi) is 4.67. The summed E-state index contributed by atoms with van der Waals surface area (Å²) in [6.07, 6.45) is 0.990. The summed E-state index contributed by atoms with van der Waals surface area (Å²) in [4.78, 5) is 2.11. The first-order chi connectivity index (χ1) is 4.16. The normalized spacial score (nSPS) is 14.3. The van der Waals surface area contributed by atoms with Crippen LogP contribution in [0, 0.1) is 0 Å². The number of nitrogens with two attached hydrogens (primary N) is 2. The summed E-state index contributed by atoms with van der Waals surface area (Å²) in [6.45, 7) is 1.62. The Hall–Kier alpha value is -0.120. The average Bonchev–Trinajstić information content (AvgIpc) is 1.83. The Balaban J connectivity index is 3.06. The molecule has 0 aromatic rings. The van der Waals surface area contributed by atoms with E-state index in [4.69, 9.17) is 11.5 Å². The molecule has 1 unspecified atom stereocenters. The van der Waals surface area contributed by atoms with Crippen LogP contribution in [-0.2, 0) is 0 Å². The van der Waals surface area contributed by atoms with Gasteiger partial charge >= 0.3 is 0 Å². The van der Waals surface area contributed by atoms with Crippen LogP contribution in [0.3, 0.4) is 0 Å². The predicted molar refractivity (Wildman–Crippen MR) is 40.2 cm³/mol. The topological polar surface area (TPSA) is 55.3 Å². The lowest BCUT2D eigenvalue weighted by atomic mass is 10.2. The maximum atomic E-state index is 5.57. The quantitative estimate of drug-likeness (QED) is 0.526. The van der Waals surface area contributed by atoms with Gasteiger partial charge in [0, 0.05) is 12.6 Å². The Morgan fingerprint density at radius 2 is 2.00 bits per heavy atom. The molecule has 0 saturated carbocycles. The van der Waals surface area contributed by atoms with Gasteiger partial charge in [0.15, 0.2) is 0 Å². The van der Waals surface area contributed by atoms with Gasteiger partial charge in [-0.1, -0.05) is 0 Å². The summed E-state index contributed by atoms with van der Waals surface area (Å²) in [5.41, 5.74) is 10.9. The summed E-state index contributed by atoms with van der Waals surface area (Å²) in [7, 11) is 4.06. The van der Waals surface area contributed by atoms with Gasteiger partial charge in [-0.25, -0.2) is 0 Å². The SMILES string of the molecule is CN(C)CCC(N)CN. The van der Waals surface area contributed by atoms with E-state index in [0.29, 0.717) is 6.54 Å². The molecule has 0 heterocycles. The summed E-state index contributed by atoms with van der Waals surface area (Å²) in [5, 5.41) is 0. The number of hydrogen-bond donors (Lipinski definition) is 2. The minimum Gasteiger partial charge on any atom is -0.329 e. The van der Waals surface area contributed by atoms with E-state index in [-0.39, 0.29) is 6.04 Å². The van der Waals surface area contributed by atoms with Crippen LogP contribution in [0.1, 0.15) is 6.42 Å². The first-order valence-electron chi connectivity index (χ1n) is 3.27. The number of hydrogen-bond acceptors (Lipinski definition) is 3. The zero-order valence-electron chi connectivity index (χ0n) is 6.30. The lowest BCUT2D eigenvalue weighted by Gasteiger charge is -2.12. The molecule has 3 nitrogen and oxygen atoms in total. The van der Waals surface area contributed by atoms with Crippen molar-refractivity contribution >= 4 is 0 Å². The van der Waals surface area contributed by atoms with Crippen LogP contribution in [0.25, 0.3) is 0 Å². The first-order valence-corrected chi connectivity index (χ1v) is 3.27. The Bertz CT molecular complexity index is 63.3. The highest BCUT2D eigenvalue weighted by atomic mass is 15.0. The fourth-order valence-electron chi connectivity index (χ4n) is 0.542. The second kappa shape index (κ2) is 4.73. The molecule has 0 fully saturated rings. The highest BCUT2D eigenvalue weighted by Crippen LogP contribution is 1.86. The van der Waals surface area contributed by atoms with Crippen molar-refractivity contribution in [2.75, 3.05) is 27.2 Å². The maximum Gasteiger partial charge on any atom is 0.0175 e. The van der Waals surface area contributed by atoms with Crippen LogP contribution >= 0.6 is 0 Å². The third-order valence-corrected chi connectivity index (χ3v) is 1.25. The Morgan fingerprint density at radius 1 is 1.44 bits per heavy atom. The first kappa shape index (κ1) is 8.88. The molecule has 0 radical (unpaired) electrons. The monoisotopic (exact) mass is 131 g/mol. The van der Waals surface area contributed by atoms with Gasteiger partial charge in [-0.3, -0.25) is 0 Å². The molecule has 56 valence electrons. The molecule has 9 heavy (non-hydrogen) atoms. The van der Waals surface area contributed by atoms with Gasteiger partial charge < -0.3 is 16.4 Å². The lowest BCUT2D eigenvalue weighted by Crippen LogP contribution is -2.32. The van der Waals surface area contributed by atoms with Crippen LogP contribution in [0.5, 0.6) is 0 Å². The van der Waals surface area contributed by atoms with Crippen LogP contribution in [0.2, 0.25) is 0 Å². The molecule has 0 bridgehead atoms. The van der Waals surface area contributed by atoms with E-state index in [2.05, 4.69) is 4.90 Å². The molecule has 0 aromatic carbocycles. The molecule has 0 rings (SSSR count). The molecule has 0 spiro atoms. The molecular weight excluding hydrogens is 114 g/mol. The van der Waals surface area contributed by atoms with Crippen molar-refractivity contribution in [2.45, 2.75) is 12.5 Å². The van der Waals surface area contributed by atoms with E-state index in [1.165, 1.54) is 0 Å². The van der Waals surface area contributed by atoms with Crippen molar-refractivity contribution in [2.24, 2.45) is 11.5 Å². The zero-order valence-corrected chi connectivity index (χ0v) is 6.30. The molecule has 1 atom stereocenters. The second-order valence-corrected chi connectivity index (χ2v) is 2.59.